The zero-order valence-corrected chi connectivity index (χ0v) is 13.5. The summed E-state index contributed by atoms with van der Waals surface area (Å²) in [5, 5.41) is 15.0. The molecule has 0 radical (unpaired) electrons. The van der Waals surface area contributed by atoms with Gasteiger partial charge in [0.15, 0.2) is 0 Å². The van der Waals surface area contributed by atoms with Gasteiger partial charge in [0.25, 0.3) is 5.69 Å². The van der Waals surface area contributed by atoms with Crippen LogP contribution in [0.5, 0.6) is 0 Å². The highest BCUT2D eigenvalue weighted by atomic mass is 16.6. The van der Waals surface area contributed by atoms with Crippen LogP contribution in [0.1, 0.15) is 12.5 Å². The Balaban J connectivity index is 1.73. The Hall–Kier alpha value is -3.61. The molecule has 3 rings (SSSR count). The molecule has 3 aromatic rings. The normalized spacial score (nSPS) is 11.2. The molecule has 1 aromatic heterocycles. The number of nitrogens with zero attached hydrogens (tertiary/aromatic N) is 4. The van der Waals surface area contributed by atoms with E-state index in [1.807, 2.05) is 30.3 Å². The molecule has 1 N–H and O–H groups in total. The van der Waals surface area contributed by atoms with Crippen molar-refractivity contribution in [3.63, 3.8) is 0 Å². The molecular formula is C18H15N5O2. The third-order valence-corrected chi connectivity index (χ3v) is 3.56. The molecule has 2 aromatic carbocycles. The van der Waals surface area contributed by atoms with Crippen LogP contribution in [0.15, 0.2) is 72.1 Å². The number of rotatable bonds is 5. The molecule has 0 aliphatic rings. The highest BCUT2D eigenvalue weighted by Crippen LogP contribution is 2.17. The number of nitrogens with one attached hydrogen (secondary N) is 1. The van der Waals surface area contributed by atoms with Gasteiger partial charge in [0.05, 0.1) is 10.6 Å². The summed E-state index contributed by atoms with van der Waals surface area (Å²) in [6.07, 6.45) is 3.42. The van der Waals surface area contributed by atoms with Gasteiger partial charge in [-0.1, -0.05) is 42.5 Å². The van der Waals surface area contributed by atoms with E-state index in [1.165, 1.54) is 12.1 Å². The van der Waals surface area contributed by atoms with Crippen LogP contribution >= 0.6 is 0 Å². The fraction of sp³-hybridized carbons (Fsp3) is 0.0556. The first-order valence-corrected chi connectivity index (χ1v) is 7.56. The van der Waals surface area contributed by atoms with Gasteiger partial charge in [-0.05, 0) is 12.5 Å². The number of anilines is 1. The highest BCUT2D eigenvalue weighted by Gasteiger charge is 2.07. The lowest BCUT2D eigenvalue weighted by atomic mass is 10.1. The van der Waals surface area contributed by atoms with Crippen molar-refractivity contribution in [3.8, 4) is 11.1 Å². The van der Waals surface area contributed by atoms with Gasteiger partial charge in [-0.25, -0.2) is 15.4 Å². The number of hydrogen-bond donors (Lipinski definition) is 1. The maximum atomic E-state index is 10.8. The third-order valence-electron chi connectivity index (χ3n) is 3.56. The van der Waals surface area contributed by atoms with E-state index in [-0.39, 0.29) is 5.69 Å². The van der Waals surface area contributed by atoms with E-state index in [1.54, 1.807) is 31.5 Å². The zero-order valence-electron chi connectivity index (χ0n) is 13.5. The topological polar surface area (TPSA) is 93.3 Å². The quantitative estimate of drug-likeness (QED) is 0.434. The van der Waals surface area contributed by atoms with E-state index in [4.69, 9.17) is 0 Å². The number of hydrogen-bond acceptors (Lipinski definition) is 6. The molecule has 0 aliphatic heterocycles. The zero-order chi connectivity index (χ0) is 17.6. The predicted molar refractivity (Wildman–Crippen MR) is 96.4 cm³/mol. The minimum absolute atomic E-state index is 0.0236. The maximum Gasteiger partial charge on any atom is 0.270 e. The summed E-state index contributed by atoms with van der Waals surface area (Å²) in [5.74, 6) is 0.351. The minimum atomic E-state index is -0.435. The van der Waals surface area contributed by atoms with Gasteiger partial charge >= 0.3 is 0 Å². The van der Waals surface area contributed by atoms with Crippen LogP contribution in [-0.2, 0) is 0 Å². The van der Waals surface area contributed by atoms with Gasteiger partial charge in [-0.15, -0.1) is 0 Å². The van der Waals surface area contributed by atoms with Crippen molar-refractivity contribution in [2.45, 2.75) is 6.92 Å². The monoisotopic (exact) mass is 333 g/mol. The highest BCUT2D eigenvalue weighted by molar-refractivity contribution is 5.99. The first-order valence-electron chi connectivity index (χ1n) is 7.56. The lowest BCUT2D eigenvalue weighted by Crippen LogP contribution is -2.02. The van der Waals surface area contributed by atoms with Crippen molar-refractivity contribution in [1.29, 1.82) is 0 Å². The van der Waals surface area contributed by atoms with Crippen LogP contribution in [-0.4, -0.2) is 20.6 Å². The number of nitro benzene ring substituents is 1. The van der Waals surface area contributed by atoms with Crippen LogP contribution in [0.25, 0.3) is 11.1 Å². The Morgan fingerprint density at radius 3 is 2.44 bits per heavy atom. The molecule has 124 valence electrons. The average molecular weight is 333 g/mol. The summed E-state index contributed by atoms with van der Waals surface area (Å²) >= 11 is 0. The molecule has 0 unspecified atom stereocenters. The molecule has 0 fully saturated rings. The number of hydrazone groups is 1. The Bertz CT molecular complexity index is 908. The van der Waals surface area contributed by atoms with Crippen molar-refractivity contribution in [2.24, 2.45) is 5.10 Å². The first kappa shape index (κ1) is 16.3. The van der Waals surface area contributed by atoms with Crippen LogP contribution in [0.4, 0.5) is 11.6 Å². The Labute approximate surface area is 144 Å². The van der Waals surface area contributed by atoms with Gasteiger partial charge < -0.3 is 0 Å². The minimum Gasteiger partial charge on any atom is -0.258 e. The molecule has 0 saturated heterocycles. The molecule has 0 aliphatic carbocycles. The lowest BCUT2D eigenvalue weighted by Gasteiger charge is -2.04. The summed E-state index contributed by atoms with van der Waals surface area (Å²) in [5.41, 5.74) is 5.98. The van der Waals surface area contributed by atoms with E-state index < -0.39 is 4.92 Å². The van der Waals surface area contributed by atoms with Crippen molar-refractivity contribution in [3.05, 3.63) is 82.7 Å². The van der Waals surface area contributed by atoms with Crippen LogP contribution in [0, 0.1) is 10.1 Å². The molecule has 0 amide bonds. The summed E-state index contributed by atoms with van der Waals surface area (Å²) < 4.78 is 0. The molecule has 1 heterocycles. The standard InChI is InChI=1S/C18H15N5O2/c1-13(15-8-5-9-17(10-15)23(24)25)21-22-18-19-11-16(12-20-18)14-6-3-2-4-7-14/h2-12H,1H3,(H,19,20,22)/b21-13+. The third kappa shape index (κ3) is 4.03. The van der Waals surface area contributed by atoms with Gasteiger partial charge in [-0.3, -0.25) is 10.1 Å². The summed E-state index contributed by atoms with van der Waals surface area (Å²) in [6, 6.07) is 16.1. The molecule has 0 atom stereocenters. The van der Waals surface area contributed by atoms with Gasteiger partial charge in [-0.2, -0.15) is 5.10 Å². The second-order valence-corrected chi connectivity index (χ2v) is 5.28. The van der Waals surface area contributed by atoms with E-state index in [9.17, 15) is 10.1 Å². The SMILES string of the molecule is C/C(=N\Nc1ncc(-c2ccccc2)cn1)c1cccc([N+](=O)[O-])c1. The van der Waals surface area contributed by atoms with Crippen molar-refractivity contribution >= 4 is 17.3 Å². The Kier molecular flexibility index (Phi) is 4.75. The molecule has 0 bridgehead atoms. The lowest BCUT2D eigenvalue weighted by molar-refractivity contribution is -0.384. The van der Waals surface area contributed by atoms with Gasteiger partial charge in [0.2, 0.25) is 5.95 Å². The van der Waals surface area contributed by atoms with E-state index >= 15 is 0 Å². The Morgan fingerprint density at radius 2 is 1.76 bits per heavy atom. The van der Waals surface area contributed by atoms with E-state index in [2.05, 4.69) is 20.5 Å². The summed E-state index contributed by atoms with van der Waals surface area (Å²) in [4.78, 5) is 18.9. The molecule has 7 nitrogen and oxygen atoms in total. The first-order chi connectivity index (χ1) is 12.1. The second-order valence-electron chi connectivity index (χ2n) is 5.28. The van der Waals surface area contributed by atoms with Crippen LogP contribution in [0.2, 0.25) is 0 Å². The largest absolute Gasteiger partial charge is 0.270 e. The second kappa shape index (κ2) is 7.31. The maximum absolute atomic E-state index is 10.8. The smallest absolute Gasteiger partial charge is 0.258 e. The molecule has 0 saturated carbocycles. The number of aromatic nitrogens is 2. The van der Waals surface area contributed by atoms with Crippen molar-refractivity contribution < 1.29 is 4.92 Å². The summed E-state index contributed by atoms with van der Waals surface area (Å²) in [7, 11) is 0. The number of non-ortho nitro benzene ring substituents is 1. The Morgan fingerprint density at radius 1 is 1.04 bits per heavy atom. The predicted octanol–water partition coefficient (Wildman–Crippen LogP) is 3.89. The molecular weight excluding hydrogens is 318 g/mol. The molecule has 25 heavy (non-hydrogen) atoms. The summed E-state index contributed by atoms with van der Waals surface area (Å²) in [6.45, 7) is 1.75. The number of nitro groups is 1. The molecule has 7 heteroatoms. The van der Waals surface area contributed by atoms with Gasteiger partial charge in [0.1, 0.15) is 0 Å². The van der Waals surface area contributed by atoms with Crippen LogP contribution in [0.3, 0.4) is 0 Å². The van der Waals surface area contributed by atoms with Gasteiger partial charge in [0, 0.05) is 35.7 Å². The van der Waals surface area contributed by atoms with Crippen molar-refractivity contribution in [1.82, 2.24) is 9.97 Å². The fourth-order valence-corrected chi connectivity index (χ4v) is 2.21. The molecule has 0 spiro atoms. The van der Waals surface area contributed by atoms with Crippen LogP contribution < -0.4 is 5.43 Å². The van der Waals surface area contributed by atoms with E-state index in [0.29, 0.717) is 17.2 Å². The van der Waals surface area contributed by atoms with E-state index in [0.717, 1.165) is 11.1 Å². The average Bonchev–Trinajstić information content (AvgIpc) is 2.67. The van der Waals surface area contributed by atoms with Crippen molar-refractivity contribution in [2.75, 3.05) is 5.43 Å². The number of benzene rings is 2. The fourth-order valence-electron chi connectivity index (χ4n) is 2.21.